The number of hydrogen-bond donors (Lipinski definition) is 0. The van der Waals surface area contributed by atoms with Crippen LogP contribution in [0.3, 0.4) is 0 Å². The van der Waals surface area contributed by atoms with Gasteiger partial charge in [0.25, 0.3) is 0 Å². The molecule has 128 valence electrons. The zero-order chi connectivity index (χ0) is 17.4. The van der Waals surface area contributed by atoms with Gasteiger partial charge in [-0.1, -0.05) is 13.0 Å². The van der Waals surface area contributed by atoms with Crippen LogP contribution >= 0.6 is 0 Å². The quantitative estimate of drug-likeness (QED) is 0.694. The molecule has 0 aliphatic carbocycles. The summed E-state index contributed by atoms with van der Waals surface area (Å²) in [6.45, 7) is 4.93. The van der Waals surface area contributed by atoms with Crippen molar-refractivity contribution in [2.75, 3.05) is 20.3 Å². The molecule has 5 nitrogen and oxygen atoms in total. The number of esters is 1. The second-order valence-electron chi connectivity index (χ2n) is 5.19. The fraction of sp³-hybridized carbons (Fsp3) is 0.368. The maximum atomic E-state index is 11.7. The van der Waals surface area contributed by atoms with Crippen LogP contribution in [0, 0.1) is 0 Å². The normalized spacial score (nSPS) is 10.3. The minimum atomic E-state index is -0.426. The topological polar surface area (TPSA) is 57.7 Å². The summed E-state index contributed by atoms with van der Waals surface area (Å²) in [6.07, 6.45) is 3.59. The van der Waals surface area contributed by atoms with Crippen molar-refractivity contribution in [2.24, 2.45) is 0 Å². The fourth-order valence-electron chi connectivity index (χ4n) is 2.23. The number of aromatic nitrogens is 1. The van der Waals surface area contributed by atoms with Gasteiger partial charge in [0, 0.05) is 24.4 Å². The van der Waals surface area contributed by atoms with Gasteiger partial charge in [-0.15, -0.1) is 0 Å². The van der Waals surface area contributed by atoms with Crippen LogP contribution in [0.1, 0.15) is 35.5 Å². The fourth-order valence-corrected chi connectivity index (χ4v) is 2.23. The molecule has 0 N–H and O–H groups in total. The lowest BCUT2D eigenvalue weighted by Gasteiger charge is -2.12. The molecular formula is C19H23NO4. The van der Waals surface area contributed by atoms with Crippen LogP contribution in [-0.2, 0) is 17.6 Å². The molecule has 0 saturated carbocycles. The summed E-state index contributed by atoms with van der Waals surface area (Å²) < 4.78 is 16.0. The molecule has 1 aromatic carbocycles. The van der Waals surface area contributed by atoms with E-state index in [0.717, 1.165) is 12.1 Å². The number of benzene rings is 1. The highest BCUT2D eigenvalue weighted by Crippen LogP contribution is 2.26. The Hall–Kier alpha value is -2.56. The first kappa shape index (κ1) is 17.8. The molecule has 0 atom stereocenters. The largest absolute Gasteiger partial charge is 0.493 e. The SMILES string of the molecule is CCOc1cc(OCCc2ccc(CC)cn2)ccc1C(=O)OC. The van der Waals surface area contributed by atoms with E-state index in [1.807, 2.05) is 19.2 Å². The lowest BCUT2D eigenvalue weighted by molar-refractivity contribution is 0.0596. The number of rotatable bonds is 8. The Morgan fingerprint density at radius 3 is 2.58 bits per heavy atom. The molecule has 0 bridgehead atoms. The minimum Gasteiger partial charge on any atom is -0.493 e. The number of hydrogen-bond acceptors (Lipinski definition) is 5. The molecular weight excluding hydrogens is 306 g/mol. The van der Waals surface area contributed by atoms with E-state index in [2.05, 4.69) is 18.0 Å². The average molecular weight is 329 g/mol. The van der Waals surface area contributed by atoms with Gasteiger partial charge < -0.3 is 14.2 Å². The van der Waals surface area contributed by atoms with E-state index in [-0.39, 0.29) is 0 Å². The van der Waals surface area contributed by atoms with Gasteiger partial charge in [0.2, 0.25) is 0 Å². The van der Waals surface area contributed by atoms with Gasteiger partial charge in [0.05, 0.1) is 20.3 Å². The number of methoxy groups -OCH3 is 1. The predicted molar refractivity (Wildman–Crippen MR) is 91.8 cm³/mol. The molecule has 0 amide bonds. The average Bonchev–Trinajstić information content (AvgIpc) is 2.62. The third-order valence-electron chi connectivity index (χ3n) is 3.58. The Morgan fingerprint density at radius 1 is 1.12 bits per heavy atom. The van der Waals surface area contributed by atoms with Crippen molar-refractivity contribution < 1.29 is 19.0 Å². The highest BCUT2D eigenvalue weighted by Gasteiger charge is 2.14. The maximum Gasteiger partial charge on any atom is 0.341 e. The molecule has 0 radical (unpaired) electrons. The molecule has 2 rings (SSSR count). The molecule has 1 aromatic heterocycles. The summed E-state index contributed by atoms with van der Waals surface area (Å²) in [4.78, 5) is 16.1. The lowest BCUT2D eigenvalue weighted by Crippen LogP contribution is -2.07. The van der Waals surface area contributed by atoms with E-state index in [9.17, 15) is 4.79 Å². The van der Waals surface area contributed by atoms with Crippen molar-refractivity contribution in [3.05, 3.63) is 53.3 Å². The molecule has 0 spiro atoms. The van der Waals surface area contributed by atoms with Crippen LogP contribution in [0.25, 0.3) is 0 Å². The van der Waals surface area contributed by atoms with E-state index in [1.165, 1.54) is 12.7 Å². The van der Waals surface area contributed by atoms with Crippen LogP contribution < -0.4 is 9.47 Å². The smallest absolute Gasteiger partial charge is 0.341 e. The van der Waals surface area contributed by atoms with E-state index >= 15 is 0 Å². The summed E-state index contributed by atoms with van der Waals surface area (Å²) in [7, 11) is 1.35. The van der Waals surface area contributed by atoms with Gasteiger partial charge in [-0.2, -0.15) is 0 Å². The van der Waals surface area contributed by atoms with E-state index in [4.69, 9.17) is 14.2 Å². The summed E-state index contributed by atoms with van der Waals surface area (Å²) in [6, 6.07) is 9.21. The number of nitrogens with zero attached hydrogens (tertiary/aromatic N) is 1. The van der Waals surface area contributed by atoms with Crippen LogP contribution in [-0.4, -0.2) is 31.3 Å². The second-order valence-corrected chi connectivity index (χ2v) is 5.19. The first-order valence-electron chi connectivity index (χ1n) is 8.09. The Morgan fingerprint density at radius 2 is 1.96 bits per heavy atom. The van der Waals surface area contributed by atoms with Crippen molar-refractivity contribution >= 4 is 5.97 Å². The summed E-state index contributed by atoms with van der Waals surface area (Å²) >= 11 is 0. The molecule has 5 heteroatoms. The molecule has 0 aliphatic heterocycles. The van der Waals surface area contributed by atoms with Gasteiger partial charge in [-0.25, -0.2) is 4.79 Å². The summed E-state index contributed by atoms with van der Waals surface area (Å²) in [5, 5.41) is 0. The lowest BCUT2D eigenvalue weighted by atomic mass is 10.2. The number of ether oxygens (including phenoxy) is 3. The molecule has 24 heavy (non-hydrogen) atoms. The van der Waals surface area contributed by atoms with Crippen LogP contribution in [0.5, 0.6) is 11.5 Å². The second kappa shape index (κ2) is 8.91. The Kier molecular flexibility index (Phi) is 6.61. The van der Waals surface area contributed by atoms with Gasteiger partial charge in [0.15, 0.2) is 0 Å². The Balaban J connectivity index is 1.98. The first-order chi connectivity index (χ1) is 11.7. The summed E-state index contributed by atoms with van der Waals surface area (Å²) in [5.74, 6) is 0.689. The van der Waals surface area contributed by atoms with Crippen LogP contribution in [0.2, 0.25) is 0 Å². The van der Waals surface area contributed by atoms with Crippen molar-refractivity contribution in [1.82, 2.24) is 4.98 Å². The zero-order valence-corrected chi connectivity index (χ0v) is 14.4. The molecule has 1 heterocycles. The highest BCUT2D eigenvalue weighted by atomic mass is 16.5. The van der Waals surface area contributed by atoms with Crippen LogP contribution in [0.15, 0.2) is 36.5 Å². The number of carbonyl (C=O) groups is 1. The van der Waals surface area contributed by atoms with E-state index < -0.39 is 5.97 Å². The Bertz CT molecular complexity index is 668. The molecule has 0 fully saturated rings. The molecule has 0 saturated heterocycles. The minimum absolute atomic E-state index is 0.392. The van der Waals surface area contributed by atoms with Crippen LogP contribution in [0.4, 0.5) is 0 Å². The van der Waals surface area contributed by atoms with Gasteiger partial charge in [0.1, 0.15) is 17.1 Å². The third-order valence-corrected chi connectivity index (χ3v) is 3.58. The van der Waals surface area contributed by atoms with Crippen molar-refractivity contribution in [3.63, 3.8) is 0 Å². The Labute approximate surface area is 142 Å². The van der Waals surface area contributed by atoms with Crippen molar-refractivity contribution in [3.8, 4) is 11.5 Å². The first-order valence-corrected chi connectivity index (χ1v) is 8.09. The number of aryl methyl sites for hydroxylation is 1. The molecule has 2 aromatic rings. The zero-order valence-electron chi connectivity index (χ0n) is 14.4. The predicted octanol–water partition coefficient (Wildman–Crippen LogP) is 3.45. The maximum absolute atomic E-state index is 11.7. The molecule has 0 aliphatic rings. The van der Waals surface area contributed by atoms with Gasteiger partial charge in [-0.05, 0) is 37.1 Å². The van der Waals surface area contributed by atoms with Crippen molar-refractivity contribution in [1.29, 1.82) is 0 Å². The van der Waals surface area contributed by atoms with Crippen molar-refractivity contribution in [2.45, 2.75) is 26.7 Å². The monoisotopic (exact) mass is 329 g/mol. The number of carbonyl (C=O) groups excluding carboxylic acids is 1. The van der Waals surface area contributed by atoms with Gasteiger partial charge >= 0.3 is 5.97 Å². The molecule has 0 unspecified atom stereocenters. The third kappa shape index (κ3) is 4.72. The van der Waals surface area contributed by atoms with Gasteiger partial charge in [-0.3, -0.25) is 4.98 Å². The van der Waals surface area contributed by atoms with E-state index in [1.54, 1.807) is 18.2 Å². The summed E-state index contributed by atoms with van der Waals surface area (Å²) in [5.41, 5.74) is 2.60. The highest BCUT2D eigenvalue weighted by molar-refractivity contribution is 5.92. The standard InChI is InChI=1S/C19H23NO4/c1-4-14-6-7-15(20-13-14)10-11-24-16-8-9-17(19(21)22-3)18(12-16)23-5-2/h6-9,12-13H,4-5,10-11H2,1-3H3. The van der Waals surface area contributed by atoms with E-state index in [0.29, 0.717) is 36.7 Å². The number of pyridine rings is 1.